The first-order valence-electron chi connectivity index (χ1n) is 6.47. The Hall–Kier alpha value is -1.17. The van der Waals surface area contributed by atoms with Crippen LogP contribution in [0.4, 0.5) is 5.82 Å². The van der Waals surface area contributed by atoms with Gasteiger partial charge in [0.05, 0.1) is 19.3 Å². The molecule has 0 aromatic carbocycles. The molecule has 0 aliphatic carbocycles. The molecule has 108 valence electrons. The smallest absolute Gasteiger partial charge is 0.129 e. The second-order valence-corrected chi connectivity index (χ2v) is 5.06. The van der Waals surface area contributed by atoms with Crippen molar-refractivity contribution in [3.8, 4) is 0 Å². The molecule has 0 fully saturated rings. The summed E-state index contributed by atoms with van der Waals surface area (Å²) in [6.45, 7) is 4.85. The van der Waals surface area contributed by atoms with Crippen molar-refractivity contribution in [1.29, 1.82) is 0 Å². The Morgan fingerprint density at radius 2 is 2.05 bits per heavy atom. The zero-order chi connectivity index (χ0) is 14.4. The normalized spacial score (nSPS) is 12.8. The monoisotopic (exact) mass is 268 g/mol. The molecule has 1 aromatic rings. The number of methoxy groups -OCH3 is 1. The molecule has 5 nitrogen and oxygen atoms in total. The van der Waals surface area contributed by atoms with Crippen LogP contribution in [-0.4, -0.2) is 48.6 Å². The third-order valence-corrected chi connectivity index (χ3v) is 2.90. The number of aliphatic hydroxyl groups excluding tert-OH is 2. The molecular weight excluding hydrogens is 244 g/mol. The summed E-state index contributed by atoms with van der Waals surface area (Å²) in [4.78, 5) is 6.43. The minimum atomic E-state index is -0.558. The van der Waals surface area contributed by atoms with E-state index in [0.717, 1.165) is 17.1 Å². The molecule has 19 heavy (non-hydrogen) atoms. The molecule has 5 heteroatoms. The number of hydrogen-bond donors (Lipinski definition) is 2. The number of ether oxygens (including phenoxy) is 1. The van der Waals surface area contributed by atoms with E-state index in [2.05, 4.69) is 18.8 Å². The lowest BCUT2D eigenvalue weighted by Crippen LogP contribution is -2.32. The minimum Gasteiger partial charge on any atom is -0.392 e. The van der Waals surface area contributed by atoms with Crippen LogP contribution in [0.15, 0.2) is 12.1 Å². The highest BCUT2D eigenvalue weighted by molar-refractivity contribution is 5.42. The molecule has 0 saturated heterocycles. The van der Waals surface area contributed by atoms with Crippen LogP contribution in [0.25, 0.3) is 0 Å². The average molecular weight is 268 g/mol. The van der Waals surface area contributed by atoms with Crippen molar-refractivity contribution in [2.75, 3.05) is 32.2 Å². The van der Waals surface area contributed by atoms with Gasteiger partial charge in [-0.3, -0.25) is 0 Å². The second-order valence-electron chi connectivity index (χ2n) is 5.06. The van der Waals surface area contributed by atoms with Gasteiger partial charge in [0, 0.05) is 26.4 Å². The van der Waals surface area contributed by atoms with Crippen molar-refractivity contribution in [1.82, 2.24) is 4.98 Å². The summed E-state index contributed by atoms with van der Waals surface area (Å²) in [5.41, 5.74) is 1.77. The van der Waals surface area contributed by atoms with Crippen molar-refractivity contribution in [3.63, 3.8) is 0 Å². The summed E-state index contributed by atoms with van der Waals surface area (Å²) in [6.07, 6.45) is -0.558. The van der Waals surface area contributed by atoms with Crippen molar-refractivity contribution < 1.29 is 14.9 Å². The van der Waals surface area contributed by atoms with E-state index in [1.54, 1.807) is 7.11 Å². The third-order valence-electron chi connectivity index (χ3n) is 2.90. The van der Waals surface area contributed by atoms with Gasteiger partial charge in [-0.05, 0) is 23.6 Å². The second kappa shape index (κ2) is 7.43. The van der Waals surface area contributed by atoms with Gasteiger partial charge in [-0.15, -0.1) is 0 Å². The van der Waals surface area contributed by atoms with Crippen LogP contribution in [-0.2, 0) is 11.3 Å². The fourth-order valence-electron chi connectivity index (χ4n) is 1.83. The first-order valence-corrected chi connectivity index (χ1v) is 6.47. The zero-order valence-corrected chi connectivity index (χ0v) is 12.1. The lowest BCUT2D eigenvalue weighted by atomic mass is 10.1. The molecule has 0 bridgehead atoms. The highest BCUT2D eigenvalue weighted by Crippen LogP contribution is 2.19. The van der Waals surface area contributed by atoms with Gasteiger partial charge in [0.1, 0.15) is 5.82 Å². The molecule has 1 heterocycles. The van der Waals surface area contributed by atoms with Crippen molar-refractivity contribution in [2.45, 2.75) is 32.5 Å². The predicted octanol–water partition coefficient (Wildman–Crippen LogP) is 1.14. The van der Waals surface area contributed by atoms with Gasteiger partial charge in [0.2, 0.25) is 0 Å². The van der Waals surface area contributed by atoms with E-state index < -0.39 is 6.10 Å². The molecule has 2 N–H and O–H groups in total. The van der Waals surface area contributed by atoms with Crippen LogP contribution < -0.4 is 4.90 Å². The van der Waals surface area contributed by atoms with Gasteiger partial charge in [0.25, 0.3) is 0 Å². The fourth-order valence-corrected chi connectivity index (χ4v) is 1.83. The number of pyridine rings is 1. The maximum absolute atomic E-state index is 9.74. The Labute approximate surface area is 114 Å². The van der Waals surface area contributed by atoms with E-state index in [9.17, 15) is 10.2 Å². The highest BCUT2D eigenvalue weighted by Gasteiger charge is 2.12. The van der Waals surface area contributed by atoms with E-state index in [1.165, 1.54) is 0 Å². The highest BCUT2D eigenvalue weighted by atomic mass is 16.5. The molecule has 0 saturated carbocycles. The number of likely N-dealkylation sites (N-methyl/N-ethyl adjacent to an activating group) is 1. The van der Waals surface area contributed by atoms with E-state index in [1.807, 2.05) is 24.1 Å². The number of aliphatic hydroxyl groups is 2. The Morgan fingerprint density at radius 1 is 1.37 bits per heavy atom. The standard InChI is InChI=1S/C14H24N2O3/c1-10(2)13-5-11(8-17)6-14(15-13)16(3)7-12(18)9-19-4/h5-6,10,12,17-18H,7-9H2,1-4H3. The Kier molecular flexibility index (Phi) is 6.21. The number of anilines is 1. The van der Waals surface area contributed by atoms with Gasteiger partial charge in [-0.2, -0.15) is 0 Å². The summed E-state index contributed by atoms with van der Waals surface area (Å²) < 4.78 is 4.91. The first kappa shape index (κ1) is 15.9. The van der Waals surface area contributed by atoms with Crippen LogP contribution in [0.1, 0.15) is 31.0 Å². The van der Waals surface area contributed by atoms with Crippen LogP contribution in [0.2, 0.25) is 0 Å². The molecular formula is C14H24N2O3. The van der Waals surface area contributed by atoms with Gasteiger partial charge in [-0.1, -0.05) is 13.8 Å². The lowest BCUT2D eigenvalue weighted by Gasteiger charge is -2.23. The maximum atomic E-state index is 9.74. The third kappa shape index (κ3) is 4.78. The molecule has 1 atom stereocenters. The topological polar surface area (TPSA) is 65.8 Å². The average Bonchev–Trinajstić information content (AvgIpc) is 2.38. The summed E-state index contributed by atoms with van der Waals surface area (Å²) >= 11 is 0. The molecule has 1 aromatic heterocycles. The van der Waals surface area contributed by atoms with Crippen molar-refractivity contribution >= 4 is 5.82 Å². The van der Waals surface area contributed by atoms with E-state index in [-0.39, 0.29) is 6.61 Å². The van der Waals surface area contributed by atoms with Crippen LogP contribution >= 0.6 is 0 Å². The maximum Gasteiger partial charge on any atom is 0.129 e. The molecule has 1 unspecified atom stereocenters. The molecule has 0 radical (unpaired) electrons. The Bertz CT molecular complexity index is 396. The Morgan fingerprint density at radius 3 is 2.58 bits per heavy atom. The van der Waals surface area contributed by atoms with Crippen LogP contribution in [0.5, 0.6) is 0 Å². The first-order chi connectivity index (χ1) is 8.97. The number of hydrogen-bond acceptors (Lipinski definition) is 5. The lowest BCUT2D eigenvalue weighted by molar-refractivity contribution is 0.0694. The van der Waals surface area contributed by atoms with Crippen LogP contribution in [0, 0.1) is 0 Å². The largest absolute Gasteiger partial charge is 0.392 e. The van der Waals surface area contributed by atoms with Crippen molar-refractivity contribution in [2.24, 2.45) is 0 Å². The van der Waals surface area contributed by atoms with Gasteiger partial charge >= 0.3 is 0 Å². The summed E-state index contributed by atoms with van der Waals surface area (Å²) in [6, 6.07) is 3.75. The van der Waals surface area contributed by atoms with Crippen LogP contribution in [0.3, 0.4) is 0 Å². The molecule has 1 rings (SSSR count). The molecule has 0 amide bonds. The van der Waals surface area contributed by atoms with Gasteiger partial charge in [0.15, 0.2) is 0 Å². The van der Waals surface area contributed by atoms with Crippen molar-refractivity contribution in [3.05, 3.63) is 23.4 Å². The minimum absolute atomic E-state index is 0.0102. The van der Waals surface area contributed by atoms with E-state index in [0.29, 0.717) is 19.1 Å². The Balaban J connectivity index is 2.89. The van der Waals surface area contributed by atoms with E-state index in [4.69, 9.17) is 4.74 Å². The summed E-state index contributed by atoms with van der Waals surface area (Å²) in [5.74, 6) is 1.05. The molecule has 0 aliphatic rings. The SMILES string of the molecule is COCC(O)CN(C)c1cc(CO)cc(C(C)C)n1. The molecule has 0 spiro atoms. The molecule has 0 aliphatic heterocycles. The summed E-state index contributed by atoms with van der Waals surface area (Å²) in [7, 11) is 3.43. The quantitative estimate of drug-likeness (QED) is 0.776. The summed E-state index contributed by atoms with van der Waals surface area (Å²) in [5, 5.41) is 19.0. The van der Waals surface area contributed by atoms with E-state index >= 15 is 0 Å². The number of aromatic nitrogens is 1. The number of rotatable bonds is 7. The zero-order valence-electron chi connectivity index (χ0n) is 12.1. The fraction of sp³-hybridized carbons (Fsp3) is 0.643. The van der Waals surface area contributed by atoms with Gasteiger partial charge in [-0.25, -0.2) is 4.98 Å². The van der Waals surface area contributed by atoms with Gasteiger partial charge < -0.3 is 19.8 Å². The predicted molar refractivity (Wildman–Crippen MR) is 75.4 cm³/mol. The number of nitrogens with zero attached hydrogens (tertiary/aromatic N) is 2.